The zero-order valence-corrected chi connectivity index (χ0v) is 24.3. The van der Waals surface area contributed by atoms with Gasteiger partial charge in [0.1, 0.15) is 16.5 Å². The van der Waals surface area contributed by atoms with Crippen LogP contribution in [-0.2, 0) is 37.0 Å². The van der Waals surface area contributed by atoms with E-state index in [9.17, 15) is 26.4 Å². The molecule has 16 heteroatoms. The van der Waals surface area contributed by atoms with Gasteiger partial charge in [-0.1, -0.05) is 17.7 Å². The largest absolute Gasteiger partial charge is 0.493 e. The smallest absolute Gasteiger partial charge is 0.421 e. The number of aromatic nitrogens is 1. The van der Waals surface area contributed by atoms with Crippen LogP contribution in [0.3, 0.4) is 0 Å². The van der Waals surface area contributed by atoms with Gasteiger partial charge in [0.15, 0.2) is 0 Å². The van der Waals surface area contributed by atoms with Gasteiger partial charge in [-0.25, -0.2) is 14.5 Å². The van der Waals surface area contributed by atoms with Gasteiger partial charge >= 0.3 is 22.5 Å². The van der Waals surface area contributed by atoms with Gasteiger partial charge in [-0.3, -0.25) is 0 Å². The zero-order chi connectivity index (χ0) is 30.5. The Hall–Kier alpha value is -2.85. The van der Waals surface area contributed by atoms with Crippen molar-refractivity contribution >= 4 is 27.9 Å². The van der Waals surface area contributed by atoms with Crippen LogP contribution in [-0.4, -0.2) is 65.7 Å². The summed E-state index contributed by atoms with van der Waals surface area (Å²) in [6.07, 6.45) is -4.10. The van der Waals surface area contributed by atoms with Crippen LogP contribution >= 0.6 is 11.6 Å². The lowest BCUT2D eigenvalue weighted by Gasteiger charge is -2.15. The van der Waals surface area contributed by atoms with Crippen LogP contribution in [0.25, 0.3) is 0 Å². The molecule has 0 saturated carbocycles. The molecule has 0 bridgehead atoms. The van der Waals surface area contributed by atoms with E-state index >= 15 is 0 Å². The third-order valence-electron chi connectivity index (χ3n) is 5.03. The number of halogens is 4. The predicted molar refractivity (Wildman–Crippen MR) is 144 cm³/mol. The van der Waals surface area contributed by atoms with Crippen molar-refractivity contribution in [3.05, 3.63) is 46.6 Å². The first kappa shape index (κ1) is 34.4. The number of aryl methyl sites for hydroxylation is 1. The van der Waals surface area contributed by atoms with Crippen LogP contribution in [0.4, 0.5) is 18.0 Å². The lowest BCUT2D eigenvalue weighted by molar-refractivity contribution is -0.137. The molecule has 0 atom stereocenters. The first-order valence-electron chi connectivity index (χ1n) is 12.5. The van der Waals surface area contributed by atoms with Gasteiger partial charge in [0, 0.05) is 38.9 Å². The van der Waals surface area contributed by atoms with Gasteiger partial charge in [0.05, 0.1) is 31.5 Å². The minimum atomic E-state index is -4.62. The second-order valence-electron chi connectivity index (χ2n) is 8.73. The van der Waals surface area contributed by atoms with E-state index in [2.05, 4.69) is 9.71 Å². The van der Waals surface area contributed by atoms with Crippen LogP contribution in [0.5, 0.6) is 17.4 Å². The van der Waals surface area contributed by atoms with Crippen molar-refractivity contribution in [2.75, 3.05) is 40.1 Å². The van der Waals surface area contributed by atoms with Crippen molar-refractivity contribution < 1.29 is 50.1 Å². The molecule has 1 aromatic carbocycles. The van der Waals surface area contributed by atoms with Gasteiger partial charge in [-0.05, 0) is 44.4 Å². The maximum absolute atomic E-state index is 13.0. The molecular formula is C25H33ClF3N3O8S. The highest BCUT2D eigenvalue weighted by atomic mass is 35.5. The van der Waals surface area contributed by atoms with Crippen LogP contribution < -0.4 is 18.9 Å². The van der Waals surface area contributed by atoms with Crippen molar-refractivity contribution in [1.29, 1.82) is 0 Å². The number of carbonyl (C=O) groups is 1. The maximum Gasteiger partial charge on any atom is 0.421 e. The fourth-order valence-electron chi connectivity index (χ4n) is 3.15. The topological polar surface area (TPSA) is 134 Å². The molecule has 1 heterocycles. The lowest BCUT2D eigenvalue weighted by Crippen LogP contribution is -2.42. The van der Waals surface area contributed by atoms with Crippen molar-refractivity contribution in [2.24, 2.45) is 0 Å². The Morgan fingerprint density at radius 1 is 1.10 bits per heavy atom. The number of amides is 1. The number of methoxy groups -OCH3 is 1. The van der Waals surface area contributed by atoms with E-state index in [1.54, 1.807) is 37.8 Å². The number of carbonyl (C=O) groups excluding carboxylic acids is 1. The van der Waals surface area contributed by atoms with Crippen molar-refractivity contribution in [2.45, 2.75) is 45.4 Å². The number of alkyl halides is 3. The number of nitrogens with zero attached hydrogens (tertiary/aromatic N) is 1. The second-order valence-corrected chi connectivity index (χ2v) is 10.6. The molecule has 0 aliphatic rings. The Bertz CT molecular complexity index is 1230. The van der Waals surface area contributed by atoms with Gasteiger partial charge in [-0.2, -0.15) is 26.3 Å². The average molecular weight is 628 g/mol. The minimum absolute atomic E-state index is 0.0343. The van der Waals surface area contributed by atoms with Crippen molar-refractivity contribution in [3.8, 4) is 17.4 Å². The monoisotopic (exact) mass is 627 g/mol. The molecule has 41 heavy (non-hydrogen) atoms. The highest BCUT2D eigenvalue weighted by Crippen LogP contribution is 2.36. The summed E-state index contributed by atoms with van der Waals surface area (Å²) < 4.78 is 93.3. The van der Waals surface area contributed by atoms with Crippen LogP contribution in [0.15, 0.2) is 30.5 Å². The quantitative estimate of drug-likeness (QED) is 0.235. The van der Waals surface area contributed by atoms with E-state index in [1.165, 1.54) is 6.07 Å². The summed E-state index contributed by atoms with van der Waals surface area (Å²) in [5.41, 5.74) is -0.447. The Morgan fingerprint density at radius 2 is 1.85 bits per heavy atom. The molecule has 1 aromatic heterocycles. The Morgan fingerprint density at radius 3 is 2.51 bits per heavy atom. The van der Waals surface area contributed by atoms with Gasteiger partial charge < -0.3 is 23.7 Å². The SMILES string of the molecule is COCCCOc1ccc(CCCOC(=O)NS(=O)(=O)NCCOC(C)C)c(Oc2ncc(C(F)(F)F)cc2Cl)c1. The number of rotatable bonds is 17. The minimum Gasteiger partial charge on any atom is -0.493 e. The molecule has 0 unspecified atom stereocenters. The molecule has 2 rings (SSSR count). The first-order chi connectivity index (χ1) is 19.3. The van der Waals surface area contributed by atoms with E-state index in [4.69, 9.17) is 35.3 Å². The highest BCUT2D eigenvalue weighted by molar-refractivity contribution is 7.88. The second kappa shape index (κ2) is 16.6. The van der Waals surface area contributed by atoms with E-state index in [0.29, 0.717) is 43.2 Å². The number of benzene rings is 1. The third-order valence-corrected chi connectivity index (χ3v) is 6.32. The van der Waals surface area contributed by atoms with Gasteiger partial charge in [0.25, 0.3) is 0 Å². The fraction of sp³-hybridized carbons (Fsp3) is 0.520. The van der Waals surface area contributed by atoms with E-state index in [0.717, 1.165) is 0 Å². The fourth-order valence-corrected chi connectivity index (χ4v) is 4.06. The standard InChI is InChI=1S/C25H33ClF3N3O8S/c1-17(2)37-13-9-31-41(34,35)32-24(33)39-11-4-6-18-7-8-20(38-12-5-10-36-3)15-22(18)40-23-21(26)14-19(16-30-23)25(27,28)29/h7-8,14-17,31H,4-6,9-13H2,1-3H3,(H,32,33). The van der Waals surface area contributed by atoms with Crippen molar-refractivity contribution in [1.82, 2.24) is 14.4 Å². The molecular weight excluding hydrogens is 595 g/mol. The molecule has 11 nitrogen and oxygen atoms in total. The summed E-state index contributed by atoms with van der Waals surface area (Å²) in [5.74, 6) is 0.392. The molecule has 0 fully saturated rings. The number of nitrogens with one attached hydrogen (secondary N) is 2. The summed E-state index contributed by atoms with van der Waals surface area (Å²) in [5, 5.41) is -0.345. The Kier molecular flexibility index (Phi) is 13.9. The summed E-state index contributed by atoms with van der Waals surface area (Å²) in [6, 6.07) is 5.59. The zero-order valence-electron chi connectivity index (χ0n) is 22.8. The molecule has 0 saturated heterocycles. The van der Waals surface area contributed by atoms with E-state index in [-0.39, 0.29) is 55.4 Å². The van der Waals surface area contributed by atoms with E-state index in [1.807, 2.05) is 0 Å². The molecule has 1 amide bonds. The van der Waals surface area contributed by atoms with Crippen LogP contribution in [0.2, 0.25) is 5.02 Å². The first-order valence-corrected chi connectivity index (χ1v) is 14.4. The molecule has 2 N–H and O–H groups in total. The number of pyridine rings is 1. The molecule has 0 radical (unpaired) electrons. The number of hydrogen-bond donors (Lipinski definition) is 2. The third kappa shape index (κ3) is 13.1. The summed E-state index contributed by atoms with van der Waals surface area (Å²) >= 11 is 6.01. The molecule has 0 aliphatic carbocycles. The summed E-state index contributed by atoms with van der Waals surface area (Å²) in [4.78, 5) is 15.6. The molecule has 0 spiro atoms. The highest BCUT2D eigenvalue weighted by Gasteiger charge is 2.32. The summed E-state index contributed by atoms with van der Waals surface area (Å²) in [7, 11) is -2.56. The van der Waals surface area contributed by atoms with Gasteiger partial charge in [0.2, 0.25) is 5.88 Å². The normalized spacial score (nSPS) is 11.9. The number of ether oxygens (including phenoxy) is 5. The van der Waals surface area contributed by atoms with Crippen LogP contribution in [0, 0.1) is 0 Å². The van der Waals surface area contributed by atoms with Crippen LogP contribution in [0.1, 0.15) is 37.8 Å². The molecule has 2 aromatic rings. The Labute approximate surface area is 241 Å². The Balaban J connectivity index is 2.01. The van der Waals surface area contributed by atoms with Gasteiger partial charge in [-0.15, -0.1) is 0 Å². The van der Waals surface area contributed by atoms with Crippen molar-refractivity contribution in [3.63, 3.8) is 0 Å². The molecule has 230 valence electrons. The lowest BCUT2D eigenvalue weighted by atomic mass is 10.1. The predicted octanol–water partition coefficient (Wildman–Crippen LogP) is 4.88. The average Bonchev–Trinajstić information content (AvgIpc) is 2.88. The number of hydrogen-bond acceptors (Lipinski definition) is 9. The summed E-state index contributed by atoms with van der Waals surface area (Å²) in [6.45, 7) is 4.38. The van der Waals surface area contributed by atoms with E-state index < -0.39 is 28.0 Å². The maximum atomic E-state index is 13.0. The molecule has 0 aliphatic heterocycles.